The van der Waals surface area contributed by atoms with Gasteiger partial charge in [-0.05, 0) is 53.6 Å². The Kier molecular flexibility index (Phi) is 6.52. The van der Waals surface area contributed by atoms with Crippen LogP contribution in [0, 0.1) is 0 Å². The fourth-order valence-corrected chi connectivity index (χ4v) is 7.47. The molecule has 0 saturated heterocycles. The van der Waals surface area contributed by atoms with E-state index in [9.17, 15) is 0 Å². The van der Waals surface area contributed by atoms with Gasteiger partial charge in [-0.25, -0.2) is 15.0 Å². The second-order valence-corrected chi connectivity index (χ2v) is 12.6. The predicted molar refractivity (Wildman–Crippen MR) is 198 cm³/mol. The Morgan fingerprint density at radius 1 is 0.540 bits per heavy atom. The maximum Gasteiger partial charge on any atom is 0.165 e. The van der Waals surface area contributed by atoms with Crippen LogP contribution in [0.3, 0.4) is 0 Å². The highest BCUT2D eigenvalue weighted by Gasteiger charge is 2.42. The SMILES string of the molecule is C1=CC2c3c(cccc3-c3nc(-c4ccc(-c5ccccc5)cc4)nc(-c4cccnc4)n3)OC2c2c1n(-c1ccccc1)c1ccccc21. The van der Waals surface area contributed by atoms with Crippen molar-refractivity contribution in [2.24, 2.45) is 0 Å². The highest BCUT2D eigenvalue weighted by molar-refractivity contribution is 5.92. The third kappa shape index (κ3) is 4.57. The van der Waals surface area contributed by atoms with Gasteiger partial charge in [0.2, 0.25) is 0 Å². The molecule has 2 unspecified atom stereocenters. The van der Waals surface area contributed by atoms with E-state index in [1.165, 1.54) is 10.9 Å². The molecule has 3 aromatic heterocycles. The Hall–Kier alpha value is -6.66. The molecule has 236 valence electrons. The van der Waals surface area contributed by atoms with Crippen LogP contribution in [0.4, 0.5) is 0 Å². The van der Waals surface area contributed by atoms with Gasteiger partial charge in [-0.2, -0.15) is 0 Å². The lowest BCUT2D eigenvalue weighted by atomic mass is 9.83. The smallest absolute Gasteiger partial charge is 0.165 e. The third-order valence-electron chi connectivity index (χ3n) is 9.74. The first-order chi connectivity index (χ1) is 24.8. The monoisotopic (exact) mass is 643 g/mol. The maximum absolute atomic E-state index is 6.90. The first kappa shape index (κ1) is 28.4. The first-order valence-electron chi connectivity index (χ1n) is 16.8. The number of benzene rings is 5. The van der Waals surface area contributed by atoms with Crippen molar-refractivity contribution in [3.8, 4) is 56.7 Å². The molecular weight excluding hydrogens is 615 g/mol. The number of para-hydroxylation sites is 2. The molecule has 6 heteroatoms. The molecule has 2 atom stereocenters. The average molecular weight is 644 g/mol. The summed E-state index contributed by atoms with van der Waals surface area (Å²) >= 11 is 0. The molecule has 1 aliphatic carbocycles. The fourth-order valence-electron chi connectivity index (χ4n) is 7.47. The Morgan fingerprint density at radius 2 is 1.22 bits per heavy atom. The van der Waals surface area contributed by atoms with Crippen LogP contribution in [-0.4, -0.2) is 24.5 Å². The molecule has 10 rings (SSSR count). The highest BCUT2D eigenvalue weighted by atomic mass is 16.5. The zero-order chi connectivity index (χ0) is 33.0. The molecular formula is C44H29N5O. The van der Waals surface area contributed by atoms with E-state index in [4.69, 9.17) is 19.7 Å². The van der Waals surface area contributed by atoms with Crippen molar-refractivity contribution in [3.05, 3.63) is 175 Å². The van der Waals surface area contributed by atoms with Crippen molar-refractivity contribution in [2.45, 2.75) is 12.0 Å². The largest absolute Gasteiger partial charge is 0.484 e. The maximum atomic E-state index is 6.90. The van der Waals surface area contributed by atoms with Crippen LogP contribution in [0.1, 0.15) is 28.8 Å². The van der Waals surface area contributed by atoms with Gasteiger partial charge >= 0.3 is 0 Å². The zero-order valence-electron chi connectivity index (χ0n) is 26.9. The van der Waals surface area contributed by atoms with E-state index < -0.39 is 0 Å². The van der Waals surface area contributed by atoms with E-state index in [2.05, 4.69) is 137 Å². The lowest BCUT2D eigenvalue weighted by Gasteiger charge is -2.22. The van der Waals surface area contributed by atoms with Gasteiger partial charge in [0.15, 0.2) is 17.5 Å². The van der Waals surface area contributed by atoms with Crippen molar-refractivity contribution >= 4 is 17.0 Å². The van der Waals surface area contributed by atoms with Crippen LogP contribution in [0.5, 0.6) is 5.75 Å². The lowest BCUT2D eigenvalue weighted by molar-refractivity contribution is 0.224. The topological polar surface area (TPSA) is 65.7 Å². The van der Waals surface area contributed by atoms with Crippen molar-refractivity contribution in [3.63, 3.8) is 0 Å². The molecule has 0 N–H and O–H groups in total. The molecule has 5 aromatic carbocycles. The highest BCUT2D eigenvalue weighted by Crippen LogP contribution is 2.55. The summed E-state index contributed by atoms with van der Waals surface area (Å²) in [5.74, 6) is 2.62. The molecule has 0 spiro atoms. The molecule has 2 aliphatic rings. The Labute approximate surface area is 289 Å². The van der Waals surface area contributed by atoms with Crippen LogP contribution >= 0.6 is 0 Å². The predicted octanol–water partition coefficient (Wildman–Crippen LogP) is 10.1. The van der Waals surface area contributed by atoms with Crippen molar-refractivity contribution in [1.82, 2.24) is 24.5 Å². The van der Waals surface area contributed by atoms with Crippen LogP contribution < -0.4 is 4.74 Å². The van der Waals surface area contributed by atoms with Crippen LogP contribution in [-0.2, 0) is 0 Å². The van der Waals surface area contributed by atoms with Gasteiger partial charge in [0, 0.05) is 57.2 Å². The summed E-state index contributed by atoms with van der Waals surface area (Å²) in [4.78, 5) is 19.5. The van der Waals surface area contributed by atoms with Crippen LogP contribution in [0.25, 0.3) is 68.0 Å². The van der Waals surface area contributed by atoms with E-state index >= 15 is 0 Å². The zero-order valence-corrected chi connectivity index (χ0v) is 26.9. The van der Waals surface area contributed by atoms with E-state index in [-0.39, 0.29) is 12.0 Å². The molecule has 0 saturated carbocycles. The second kappa shape index (κ2) is 11.5. The Morgan fingerprint density at radius 3 is 2.02 bits per heavy atom. The molecule has 0 radical (unpaired) electrons. The van der Waals surface area contributed by atoms with E-state index in [0.29, 0.717) is 17.5 Å². The molecule has 8 aromatic rings. The summed E-state index contributed by atoms with van der Waals surface area (Å²) in [6.45, 7) is 0. The van der Waals surface area contributed by atoms with Gasteiger partial charge in [0.25, 0.3) is 0 Å². The van der Waals surface area contributed by atoms with Gasteiger partial charge in [-0.15, -0.1) is 0 Å². The molecule has 1 aliphatic heterocycles. The quantitative estimate of drug-likeness (QED) is 0.187. The number of ether oxygens (including phenoxy) is 1. The fraction of sp³-hybridized carbons (Fsp3) is 0.0455. The molecule has 0 bridgehead atoms. The van der Waals surface area contributed by atoms with Crippen LogP contribution in [0.15, 0.2) is 158 Å². The van der Waals surface area contributed by atoms with Gasteiger partial charge in [0.05, 0.1) is 11.2 Å². The normalized spacial score (nSPS) is 15.7. The van der Waals surface area contributed by atoms with Gasteiger partial charge in [0.1, 0.15) is 11.9 Å². The number of fused-ring (bicyclic) bond motifs is 7. The minimum Gasteiger partial charge on any atom is -0.484 e. The molecule has 0 amide bonds. The van der Waals surface area contributed by atoms with E-state index in [1.54, 1.807) is 12.4 Å². The summed E-state index contributed by atoms with van der Waals surface area (Å²) in [6, 6.07) is 48.0. The number of aromatic nitrogens is 5. The summed E-state index contributed by atoms with van der Waals surface area (Å²) in [5, 5.41) is 1.19. The summed E-state index contributed by atoms with van der Waals surface area (Å²) in [5.41, 5.74) is 10.7. The summed E-state index contributed by atoms with van der Waals surface area (Å²) < 4.78 is 9.24. The molecule has 0 fully saturated rings. The van der Waals surface area contributed by atoms with E-state index in [1.807, 2.05) is 24.3 Å². The number of pyridine rings is 1. The molecule has 4 heterocycles. The van der Waals surface area contributed by atoms with Gasteiger partial charge in [-0.1, -0.05) is 109 Å². The first-order valence-corrected chi connectivity index (χ1v) is 16.8. The number of hydrogen-bond donors (Lipinski definition) is 0. The molecule has 50 heavy (non-hydrogen) atoms. The Bertz CT molecular complexity index is 2560. The molecule has 6 nitrogen and oxygen atoms in total. The summed E-state index contributed by atoms with van der Waals surface area (Å²) in [6.07, 6.45) is 7.91. The summed E-state index contributed by atoms with van der Waals surface area (Å²) in [7, 11) is 0. The van der Waals surface area contributed by atoms with Crippen molar-refractivity contribution in [1.29, 1.82) is 0 Å². The Balaban J connectivity index is 1.11. The lowest BCUT2D eigenvalue weighted by Crippen LogP contribution is -2.14. The van der Waals surface area contributed by atoms with Gasteiger partial charge < -0.3 is 9.30 Å². The van der Waals surface area contributed by atoms with Gasteiger partial charge in [-0.3, -0.25) is 4.98 Å². The third-order valence-corrected chi connectivity index (χ3v) is 9.74. The second-order valence-electron chi connectivity index (χ2n) is 12.6. The minimum atomic E-state index is -0.189. The standard InChI is InChI=1S/C44H29N5O/c1-3-11-28(12-4-1)29-20-22-30(23-21-29)42-46-43(31-13-10-26-45-27-31)48-44(47-42)35-17-9-19-38-39(35)34-24-25-37-40(41(34)50-38)33-16-7-8-18-36(33)49(37)32-14-5-2-6-15-32/h1-27,34,41H. The average Bonchev–Trinajstić information content (AvgIpc) is 3.75. The van der Waals surface area contributed by atoms with Crippen molar-refractivity contribution in [2.75, 3.05) is 0 Å². The number of nitrogens with zero attached hydrogens (tertiary/aromatic N) is 5. The minimum absolute atomic E-state index is 0.0176. The number of hydrogen-bond acceptors (Lipinski definition) is 5. The van der Waals surface area contributed by atoms with Crippen molar-refractivity contribution < 1.29 is 4.74 Å². The van der Waals surface area contributed by atoms with Crippen LogP contribution in [0.2, 0.25) is 0 Å². The number of rotatable bonds is 5. The van der Waals surface area contributed by atoms with E-state index in [0.717, 1.165) is 56.0 Å².